The highest BCUT2D eigenvalue weighted by molar-refractivity contribution is 6.41. The zero-order chi connectivity index (χ0) is 13.2. The molecule has 0 atom stereocenters. The van der Waals surface area contributed by atoms with E-state index in [0.717, 1.165) is 11.4 Å². The molecule has 0 fully saturated rings. The summed E-state index contributed by atoms with van der Waals surface area (Å²) in [5.74, 6) is 0. The van der Waals surface area contributed by atoms with E-state index in [9.17, 15) is 0 Å². The molecule has 0 spiro atoms. The molecule has 0 heterocycles. The van der Waals surface area contributed by atoms with Gasteiger partial charge in [0.25, 0.3) is 5.69 Å². The van der Waals surface area contributed by atoms with Crippen LogP contribution in [0.1, 0.15) is 27.7 Å². The van der Waals surface area contributed by atoms with E-state index in [1.807, 2.05) is 27.7 Å². The van der Waals surface area contributed by atoms with Crippen LogP contribution in [-0.2, 0) is 0 Å². The number of rotatable bonds is 2. The minimum atomic E-state index is 0.480. The zero-order valence-corrected chi connectivity index (χ0v) is 12.5. The fourth-order valence-electron chi connectivity index (χ4n) is 1.31. The van der Waals surface area contributed by atoms with Gasteiger partial charge in [0.2, 0.25) is 0 Å². The number of hydrazone groups is 1. The van der Waals surface area contributed by atoms with Crippen molar-refractivity contribution < 1.29 is 4.68 Å². The van der Waals surface area contributed by atoms with Crippen LogP contribution in [0, 0.1) is 0 Å². The Morgan fingerprint density at radius 2 is 1.47 bits per heavy atom. The molecule has 0 bridgehead atoms. The molecule has 1 aromatic rings. The van der Waals surface area contributed by atoms with Crippen LogP contribution < -0.4 is 0 Å². The van der Waals surface area contributed by atoms with Crippen molar-refractivity contribution in [3.8, 4) is 0 Å². The summed E-state index contributed by atoms with van der Waals surface area (Å²) in [7, 11) is 0. The number of benzene rings is 1. The lowest BCUT2D eigenvalue weighted by Gasteiger charge is -2.03. The molecule has 0 unspecified atom stereocenters. The van der Waals surface area contributed by atoms with Gasteiger partial charge in [-0.05, 0) is 31.1 Å². The van der Waals surface area contributed by atoms with Gasteiger partial charge in [0, 0.05) is 18.9 Å². The largest absolute Gasteiger partial charge is 0.275 e. The van der Waals surface area contributed by atoms with Crippen molar-refractivity contribution in [3.63, 3.8) is 0 Å². The van der Waals surface area contributed by atoms with Crippen LogP contribution in [0.4, 0.5) is 5.69 Å². The van der Waals surface area contributed by atoms with E-state index in [1.54, 1.807) is 16.8 Å². The first-order valence-corrected chi connectivity index (χ1v) is 6.23. The quantitative estimate of drug-likeness (QED) is 0.406. The average molecular weight is 293 g/mol. The molecule has 0 aromatic heterocycles. The van der Waals surface area contributed by atoms with Gasteiger partial charge in [-0.15, -0.1) is 0 Å². The molecule has 5 heteroatoms. The van der Waals surface area contributed by atoms with Gasteiger partial charge in [0.05, 0.1) is 5.71 Å². The fourth-order valence-corrected chi connectivity index (χ4v) is 2.29. The van der Waals surface area contributed by atoms with Crippen molar-refractivity contribution in [1.82, 2.24) is 0 Å². The van der Waals surface area contributed by atoms with Crippen molar-refractivity contribution >= 4 is 51.9 Å². The van der Waals surface area contributed by atoms with E-state index >= 15 is 0 Å². The van der Waals surface area contributed by atoms with Gasteiger partial charge in [-0.2, -0.15) is 0 Å². The smallest absolute Gasteiger partial charge is 0.0842 e. The third kappa shape index (κ3) is 3.70. The topological polar surface area (TPSA) is 15.4 Å². The highest BCUT2D eigenvalue weighted by Gasteiger charge is 2.21. The second kappa shape index (κ2) is 5.85. The summed E-state index contributed by atoms with van der Waals surface area (Å²) >= 11 is 18.2. The van der Waals surface area contributed by atoms with Crippen LogP contribution in [-0.4, -0.2) is 16.1 Å². The van der Waals surface area contributed by atoms with E-state index in [2.05, 4.69) is 5.10 Å². The van der Waals surface area contributed by atoms with E-state index < -0.39 is 0 Å². The molecule has 1 rings (SSSR count). The first-order chi connectivity index (χ1) is 7.82. The van der Waals surface area contributed by atoms with Crippen LogP contribution in [0.2, 0.25) is 15.1 Å². The van der Waals surface area contributed by atoms with Crippen molar-refractivity contribution in [3.05, 3.63) is 27.2 Å². The summed E-state index contributed by atoms with van der Waals surface area (Å²) < 4.78 is 1.72. The van der Waals surface area contributed by atoms with Crippen LogP contribution >= 0.6 is 34.8 Å². The Bertz CT molecular complexity index is 473. The van der Waals surface area contributed by atoms with Gasteiger partial charge in [-0.1, -0.05) is 39.5 Å². The molecular weight excluding hydrogens is 279 g/mol. The minimum absolute atomic E-state index is 0.480. The van der Waals surface area contributed by atoms with E-state index in [1.165, 1.54) is 0 Å². The summed E-state index contributed by atoms with van der Waals surface area (Å²) in [6.07, 6.45) is 0. The summed E-state index contributed by atoms with van der Waals surface area (Å²) in [5.41, 5.74) is 2.53. The van der Waals surface area contributed by atoms with Crippen molar-refractivity contribution in [2.75, 3.05) is 0 Å². The Hall–Kier alpha value is -0.570. The molecule has 0 saturated heterocycles. The highest BCUT2D eigenvalue weighted by Crippen LogP contribution is 2.36. The Morgan fingerprint density at radius 1 is 1.00 bits per heavy atom. The Morgan fingerprint density at radius 3 is 1.82 bits per heavy atom. The molecule has 0 aliphatic heterocycles. The average Bonchev–Trinajstić information content (AvgIpc) is 2.13. The maximum absolute atomic E-state index is 6.16. The lowest BCUT2D eigenvalue weighted by Crippen LogP contribution is -2.08. The maximum atomic E-state index is 6.16. The van der Waals surface area contributed by atoms with Crippen LogP contribution in [0.25, 0.3) is 0 Å². The molecule has 17 heavy (non-hydrogen) atoms. The molecule has 0 amide bonds. The fraction of sp³-hybridized carbons (Fsp3) is 0.333. The third-order valence-corrected chi connectivity index (χ3v) is 2.71. The molecule has 0 aliphatic rings. The van der Waals surface area contributed by atoms with Crippen LogP contribution in [0.15, 0.2) is 17.2 Å². The third-order valence-electron chi connectivity index (χ3n) is 1.92. The predicted octanol–water partition coefficient (Wildman–Crippen LogP) is 5.17. The van der Waals surface area contributed by atoms with Gasteiger partial charge in [-0.3, -0.25) is 0 Å². The van der Waals surface area contributed by atoms with Crippen molar-refractivity contribution in [2.24, 2.45) is 5.10 Å². The van der Waals surface area contributed by atoms with E-state index in [0.29, 0.717) is 20.8 Å². The first-order valence-electron chi connectivity index (χ1n) is 5.09. The lowest BCUT2D eigenvalue weighted by atomic mass is 10.3. The van der Waals surface area contributed by atoms with Crippen molar-refractivity contribution in [1.29, 1.82) is 0 Å². The normalized spacial score (nSPS) is 10.1. The molecule has 2 nitrogen and oxygen atoms in total. The number of halogens is 3. The number of nitrogens with zero attached hydrogens (tertiary/aromatic N) is 2. The van der Waals surface area contributed by atoms with E-state index in [4.69, 9.17) is 34.8 Å². The minimum Gasteiger partial charge on any atom is -0.0842 e. The standard InChI is InChI=1S/C12H14Cl3N2/c1-7(2)16-17(8(3)4)12-10(14)5-9(13)6-11(12)15/h5-6H,1-4H3/q+1. The maximum Gasteiger partial charge on any atom is 0.275 e. The molecule has 0 saturated carbocycles. The Labute approximate surface area is 117 Å². The van der Waals surface area contributed by atoms with Gasteiger partial charge in [0.1, 0.15) is 10.0 Å². The molecule has 0 radical (unpaired) electrons. The molecule has 92 valence electrons. The Kier molecular flexibility index (Phi) is 4.99. The van der Waals surface area contributed by atoms with Crippen LogP contribution in [0.3, 0.4) is 0 Å². The highest BCUT2D eigenvalue weighted by atomic mass is 35.5. The Balaban J connectivity index is 3.51. The summed E-state index contributed by atoms with van der Waals surface area (Å²) in [5, 5.41) is 5.87. The zero-order valence-electron chi connectivity index (χ0n) is 10.2. The lowest BCUT2D eigenvalue weighted by molar-refractivity contribution is -0.446. The number of hydrogen-bond donors (Lipinski definition) is 0. The monoisotopic (exact) mass is 291 g/mol. The molecular formula is C12H14Cl3N2+. The van der Waals surface area contributed by atoms with Gasteiger partial charge >= 0.3 is 0 Å². The summed E-state index contributed by atoms with van der Waals surface area (Å²) in [6, 6.07) is 3.31. The van der Waals surface area contributed by atoms with E-state index in [-0.39, 0.29) is 0 Å². The second-order valence-electron chi connectivity index (χ2n) is 4.02. The molecule has 1 aromatic carbocycles. The summed E-state index contributed by atoms with van der Waals surface area (Å²) in [6.45, 7) is 7.70. The number of hydrogen-bond acceptors (Lipinski definition) is 1. The van der Waals surface area contributed by atoms with Gasteiger partial charge in [-0.25, -0.2) is 0 Å². The van der Waals surface area contributed by atoms with Crippen molar-refractivity contribution in [2.45, 2.75) is 27.7 Å². The van der Waals surface area contributed by atoms with Crippen LogP contribution in [0.5, 0.6) is 0 Å². The van der Waals surface area contributed by atoms with Gasteiger partial charge in [0.15, 0.2) is 5.71 Å². The predicted molar refractivity (Wildman–Crippen MR) is 76.5 cm³/mol. The first kappa shape index (κ1) is 14.5. The SMILES string of the molecule is CC(C)=N[N+](=C(C)C)c1c(Cl)cc(Cl)cc1Cl. The second-order valence-corrected chi connectivity index (χ2v) is 5.28. The molecule has 0 N–H and O–H groups in total. The van der Waals surface area contributed by atoms with Gasteiger partial charge < -0.3 is 0 Å². The summed E-state index contributed by atoms with van der Waals surface area (Å²) in [4.78, 5) is 0. The molecule has 0 aliphatic carbocycles.